The summed E-state index contributed by atoms with van der Waals surface area (Å²) in [7, 11) is 0.0986. The number of furan rings is 1. The van der Waals surface area contributed by atoms with Gasteiger partial charge in [0, 0.05) is 37.8 Å². The van der Waals surface area contributed by atoms with E-state index < -0.39 is 28.1 Å². The molecule has 0 bridgehead atoms. The molecule has 1 heterocycles. The molecule has 3 aromatic rings. The van der Waals surface area contributed by atoms with Crippen molar-refractivity contribution in [2.24, 2.45) is 5.73 Å². The molecule has 0 saturated heterocycles. The van der Waals surface area contributed by atoms with Gasteiger partial charge < -0.3 is 24.9 Å². The first-order valence-corrected chi connectivity index (χ1v) is 12.1. The standard InChI is InChI=1S/C23H28N4O7S/c1-5-33-19-12-15(10-16-11-18(13-32-4)34-21(16)19)20(23(29)26-35(30,31)27(2)3)25-17-8-6-14(7-9-17)22(24)28/h6-12,20,25H,5,13H2,1-4H3,(H2,24,28)(H,26,29). The lowest BCUT2D eigenvalue weighted by molar-refractivity contribution is -0.120. The van der Waals surface area contributed by atoms with Crippen molar-refractivity contribution in [3.05, 3.63) is 59.4 Å². The number of benzene rings is 2. The normalized spacial score (nSPS) is 12.5. The van der Waals surface area contributed by atoms with Gasteiger partial charge in [-0.1, -0.05) is 0 Å². The summed E-state index contributed by atoms with van der Waals surface area (Å²) < 4.78 is 44.4. The number of methoxy groups -OCH3 is 1. The van der Waals surface area contributed by atoms with E-state index >= 15 is 0 Å². The zero-order valence-corrected chi connectivity index (χ0v) is 20.6. The lowest BCUT2D eigenvalue weighted by atomic mass is 10.0. The molecule has 0 fully saturated rings. The van der Waals surface area contributed by atoms with Gasteiger partial charge in [0.2, 0.25) is 5.91 Å². The SMILES string of the molecule is CCOc1cc(C(Nc2ccc(C(N)=O)cc2)C(=O)NS(=O)(=O)N(C)C)cc2cc(COC)oc12. The second kappa shape index (κ2) is 10.8. The van der Waals surface area contributed by atoms with E-state index in [4.69, 9.17) is 19.6 Å². The second-order valence-electron chi connectivity index (χ2n) is 7.79. The Kier molecular flexibility index (Phi) is 7.99. The van der Waals surface area contributed by atoms with Crippen molar-refractivity contribution in [3.8, 4) is 5.75 Å². The molecule has 2 aromatic carbocycles. The maximum absolute atomic E-state index is 13.2. The van der Waals surface area contributed by atoms with E-state index in [-0.39, 0.29) is 12.2 Å². The molecule has 12 heteroatoms. The third-order valence-electron chi connectivity index (χ3n) is 5.03. The molecule has 0 aliphatic heterocycles. The van der Waals surface area contributed by atoms with Crippen LogP contribution in [0.15, 0.2) is 46.9 Å². The van der Waals surface area contributed by atoms with Crippen molar-refractivity contribution >= 4 is 38.7 Å². The fourth-order valence-electron chi connectivity index (χ4n) is 3.31. The zero-order valence-electron chi connectivity index (χ0n) is 19.8. The first-order chi connectivity index (χ1) is 16.6. The number of ether oxygens (including phenoxy) is 2. The molecule has 35 heavy (non-hydrogen) atoms. The number of hydrogen-bond acceptors (Lipinski definition) is 8. The van der Waals surface area contributed by atoms with Crippen molar-refractivity contribution in [2.45, 2.75) is 19.6 Å². The number of carbonyl (C=O) groups excluding carboxylic acids is 2. The number of nitrogens with zero attached hydrogens (tertiary/aromatic N) is 1. The summed E-state index contributed by atoms with van der Waals surface area (Å²) in [4.78, 5) is 24.6. The molecule has 3 rings (SSSR count). The molecule has 0 spiro atoms. The van der Waals surface area contributed by atoms with Crippen LogP contribution in [0.3, 0.4) is 0 Å². The highest BCUT2D eigenvalue weighted by molar-refractivity contribution is 7.87. The Morgan fingerprint density at radius 3 is 2.40 bits per heavy atom. The highest BCUT2D eigenvalue weighted by Gasteiger charge is 2.28. The van der Waals surface area contributed by atoms with Crippen molar-refractivity contribution in [1.82, 2.24) is 9.03 Å². The number of nitrogens with one attached hydrogen (secondary N) is 2. The fourth-order valence-corrected chi connectivity index (χ4v) is 3.87. The predicted octanol–water partition coefficient (Wildman–Crippen LogP) is 2.15. The smallest absolute Gasteiger partial charge is 0.303 e. The number of amides is 2. The highest BCUT2D eigenvalue weighted by atomic mass is 32.2. The first-order valence-electron chi connectivity index (χ1n) is 10.6. The predicted molar refractivity (Wildman–Crippen MR) is 130 cm³/mol. The average molecular weight is 505 g/mol. The monoisotopic (exact) mass is 504 g/mol. The number of fused-ring (bicyclic) bond motifs is 1. The number of anilines is 1. The summed E-state index contributed by atoms with van der Waals surface area (Å²) in [5, 5.41) is 3.68. The van der Waals surface area contributed by atoms with Crippen LogP contribution in [0.4, 0.5) is 5.69 Å². The molecule has 0 radical (unpaired) electrons. The lowest BCUT2D eigenvalue weighted by Crippen LogP contribution is -2.43. The third-order valence-corrected chi connectivity index (χ3v) is 6.45. The minimum Gasteiger partial charge on any atom is -0.490 e. The van der Waals surface area contributed by atoms with Gasteiger partial charge in [-0.3, -0.25) is 9.59 Å². The van der Waals surface area contributed by atoms with Crippen molar-refractivity contribution in [2.75, 3.05) is 33.1 Å². The largest absolute Gasteiger partial charge is 0.490 e. The van der Waals surface area contributed by atoms with E-state index in [2.05, 4.69) is 10.0 Å². The molecule has 1 unspecified atom stereocenters. The Morgan fingerprint density at radius 2 is 1.83 bits per heavy atom. The Hall–Kier alpha value is -3.61. The molecule has 0 aliphatic carbocycles. The van der Waals surface area contributed by atoms with Gasteiger partial charge in [-0.25, -0.2) is 4.72 Å². The lowest BCUT2D eigenvalue weighted by Gasteiger charge is -2.22. The van der Waals surface area contributed by atoms with E-state index in [1.54, 1.807) is 37.4 Å². The van der Waals surface area contributed by atoms with Crippen LogP contribution >= 0.6 is 0 Å². The van der Waals surface area contributed by atoms with Gasteiger partial charge in [0.15, 0.2) is 11.3 Å². The summed E-state index contributed by atoms with van der Waals surface area (Å²) in [5.41, 5.74) is 6.95. The van der Waals surface area contributed by atoms with Crippen LogP contribution in [0.2, 0.25) is 0 Å². The van der Waals surface area contributed by atoms with Crippen LogP contribution in [-0.2, 0) is 26.3 Å². The molecule has 11 nitrogen and oxygen atoms in total. The first kappa shape index (κ1) is 26.0. The van der Waals surface area contributed by atoms with Crippen LogP contribution in [0.5, 0.6) is 5.75 Å². The van der Waals surface area contributed by atoms with E-state index in [1.807, 2.05) is 6.92 Å². The Bertz CT molecular complexity index is 1320. The van der Waals surface area contributed by atoms with Crippen LogP contribution < -0.4 is 20.5 Å². The van der Waals surface area contributed by atoms with Gasteiger partial charge in [0.05, 0.1) is 6.61 Å². The maximum Gasteiger partial charge on any atom is 0.303 e. The van der Waals surface area contributed by atoms with E-state index in [9.17, 15) is 18.0 Å². The van der Waals surface area contributed by atoms with Crippen LogP contribution in [0.25, 0.3) is 11.0 Å². The van der Waals surface area contributed by atoms with Gasteiger partial charge in [-0.05, 0) is 55.0 Å². The van der Waals surface area contributed by atoms with Crippen molar-refractivity contribution < 1.29 is 31.9 Å². The molecule has 0 saturated carbocycles. The van der Waals surface area contributed by atoms with Crippen LogP contribution in [0, 0.1) is 0 Å². The maximum atomic E-state index is 13.2. The van der Waals surface area contributed by atoms with Crippen LogP contribution in [0.1, 0.15) is 34.6 Å². The van der Waals surface area contributed by atoms with Gasteiger partial charge >= 0.3 is 10.2 Å². The molecule has 1 atom stereocenters. The minimum absolute atomic E-state index is 0.241. The van der Waals surface area contributed by atoms with E-state index in [0.717, 1.165) is 4.31 Å². The van der Waals surface area contributed by atoms with Gasteiger partial charge in [0.25, 0.3) is 5.91 Å². The number of primary amides is 1. The van der Waals surface area contributed by atoms with Crippen molar-refractivity contribution in [3.63, 3.8) is 0 Å². The molecule has 0 aliphatic rings. The topological polar surface area (TPSA) is 153 Å². The third kappa shape index (κ3) is 6.10. The van der Waals surface area contributed by atoms with Gasteiger partial charge in [-0.15, -0.1) is 0 Å². The zero-order chi connectivity index (χ0) is 25.8. The summed E-state index contributed by atoms with van der Waals surface area (Å²) >= 11 is 0. The number of hydrogen-bond donors (Lipinski definition) is 3. The quantitative estimate of drug-likeness (QED) is 0.359. The molecule has 1 aromatic heterocycles. The minimum atomic E-state index is -4.06. The summed E-state index contributed by atoms with van der Waals surface area (Å²) in [6, 6.07) is 10.1. The van der Waals surface area contributed by atoms with E-state index in [0.29, 0.717) is 40.3 Å². The molecule has 188 valence electrons. The van der Waals surface area contributed by atoms with Gasteiger partial charge in [-0.2, -0.15) is 12.7 Å². The molecular formula is C23H28N4O7S. The number of nitrogens with two attached hydrogens (primary N) is 1. The van der Waals surface area contributed by atoms with E-state index in [1.165, 1.54) is 26.2 Å². The molecular weight excluding hydrogens is 476 g/mol. The molecule has 2 amide bonds. The number of rotatable bonds is 11. The fraction of sp³-hybridized carbons (Fsp3) is 0.304. The summed E-state index contributed by atoms with van der Waals surface area (Å²) in [6.45, 7) is 2.39. The second-order valence-corrected chi connectivity index (χ2v) is 9.67. The van der Waals surface area contributed by atoms with Gasteiger partial charge in [0.1, 0.15) is 18.4 Å². The van der Waals surface area contributed by atoms with Crippen LogP contribution in [-0.4, -0.2) is 52.3 Å². The average Bonchev–Trinajstić information content (AvgIpc) is 3.20. The Balaban J connectivity index is 2.09. The Morgan fingerprint density at radius 1 is 1.14 bits per heavy atom. The highest BCUT2D eigenvalue weighted by Crippen LogP contribution is 2.34. The Labute approximate surface area is 203 Å². The summed E-state index contributed by atoms with van der Waals surface area (Å²) in [5.74, 6) is -0.463. The number of carbonyl (C=O) groups is 2. The summed E-state index contributed by atoms with van der Waals surface area (Å²) in [6.07, 6.45) is 0. The molecule has 4 N–H and O–H groups in total. The van der Waals surface area contributed by atoms with Crippen molar-refractivity contribution in [1.29, 1.82) is 0 Å².